The van der Waals surface area contributed by atoms with Gasteiger partial charge in [0, 0.05) is 39.4 Å². The van der Waals surface area contributed by atoms with Crippen LogP contribution in [0.15, 0.2) is 41.1 Å². The Balaban J connectivity index is 1.77. The third-order valence-corrected chi connectivity index (χ3v) is 6.62. The highest BCUT2D eigenvalue weighted by Gasteiger charge is 2.38. The van der Waals surface area contributed by atoms with E-state index in [0.717, 1.165) is 35.5 Å². The summed E-state index contributed by atoms with van der Waals surface area (Å²) in [6, 6.07) is 7.31. The van der Waals surface area contributed by atoms with Gasteiger partial charge in [0.1, 0.15) is 0 Å². The molecule has 1 amide bonds. The van der Waals surface area contributed by atoms with Crippen LogP contribution >= 0.6 is 23.2 Å². The molecule has 1 aromatic carbocycles. The summed E-state index contributed by atoms with van der Waals surface area (Å²) in [5, 5.41) is 1.07. The van der Waals surface area contributed by atoms with Gasteiger partial charge in [-0.15, -0.1) is 0 Å². The van der Waals surface area contributed by atoms with E-state index in [1.54, 1.807) is 24.0 Å². The van der Waals surface area contributed by atoms with Crippen molar-refractivity contribution in [2.45, 2.75) is 39.7 Å². The van der Waals surface area contributed by atoms with Crippen LogP contribution in [0.1, 0.15) is 36.7 Å². The zero-order valence-electron chi connectivity index (χ0n) is 19.1. The molecule has 0 radical (unpaired) electrons. The molecule has 1 aromatic heterocycles. The lowest BCUT2D eigenvalue weighted by molar-refractivity contribution is -0.136. The lowest BCUT2D eigenvalue weighted by Crippen LogP contribution is -2.33. The lowest BCUT2D eigenvalue weighted by atomic mass is 10.0. The molecule has 33 heavy (non-hydrogen) atoms. The highest BCUT2D eigenvalue weighted by atomic mass is 35.5. The summed E-state index contributed by atoms with van der Waals surface area (Å²) in [4.78, 5) is 27.7. The molecule has 4 rings (SSSR count). The Kier molecular flexibility index (Phi) is 6.71. The summed E-state index contributed by atoms with van der Waals surface area (Å²) >= 11 is 12.4. The molecule has 8 heteroatoms. The van der Waals surface area contributed by atoms with Crippen LogP contribution in [0.5, 0.6) is 0 Å². The molecule has 1 fully saturated rings. The summed E-state index contributed by atoms with van der Waals surface area (Å²) in [5.74, 6) is -0.753. The number of carbonyl (C=O) groups is 2. The monoisotopic (exact) mass is 488 g/mol. The van der Waals surface area contributed by atoms with Crippen molar-refractivity contribution >= 4 is 41.2 Å². The second-order valence-electron chi connectivity index (χ2n) is 8.35. The molecule has 1 unspecified atom stereocenters. The molecule has 2 aliphatic heterocycles. The number of aromatic nitrogens is 1. The van der Waals surface area contributed by atoms with Gasteiger partial charge in [0.05, 0.1) is 30.9 Å². The topological polar surface area (TPSA) is 60.8 Å². The number of benzene rings is 1. The first kappa shape index (κ1) is 23.6. The molecule has 6 nitrogen and oxygen atoms in total. The molecule has 1 atom stereocenters. The van der Waals surface area contributed by atoms with E-state index in [9.17, 15) is 9.59 Å². The molecule has 0 saturated carbocycles. The van der Waals surface area contributed by atoms with Crippen LogP contribution in [0.4, 0.5) is 0 Å². The van der Waals surface area contributed by atoms with Gasteiger partial charge < -0.3 is 18.9 Å². The smallest absolute Gasteiger partial charge is 0.340 e. The van der Waals surface area contributed by atoms with Crippen LogP contribution in [0.2, 0.25) is 10.0 Å². The number of nitrogens with zero attached hydrogens (tertiary/aromatic N) is 2. The number of hydrogen-bond acceptors (Lipinski definition) is 4. The summed E-state index contributed by atoms with van der Waals surface area (Å²) in [7, 11) is 1.32. The molecular formula is C25H26Cl2N2O4. The number of halogens is 2. The highest BCUT2D eigenvalue weighted by Crippen LogP contribution is 2.34. The minimum atomic E-state index is -0.530. The van der Waals surface area contributed by atoms with E-state index in [1.807, 2.05) is 36.6 Å². The van der Waals surface area contributed by atoms with E-state index >= 15 is 0 Å². The first-order valence-corrected chi connectivity index (χ1v) is 11.6. The summed E-state index contributed by atoms with van der Waals surface area (Å²) in [6.45, 7) is 6.81. The van der Waals surface area contributed by atoms with E-state index in [2.05, 4.69) is 0 Å². The van der Waals surface area contributed by atoms with Crippen molar-refractivity contribution in [3.8, 4) is 5.69 Å². The quantitative estimate of drug-likeness (QED) is 0.425. The van der Waals surface area contributed by atoms with E-state index in [4.69, 9.17) is 32.7 Å². The van der Waals surface area contributed by atoms with Crippen LogP contribution in [0, 0.1) is 13.8 Å². The fourth-order valence-electron chi connectivity index (χ4n) is 4.59. The molecule has 2 aliphatic rings. The van der Waals surface area contributed by atoms with E-state index in [1.165, 1.54) is 7.11 Å². The molecule has 0 aliphatic carbocycles. The van der Waals surface area contributed by atoms with Crippen molar-refractivity contribution in [1.82, 2.24) is 9.47 Å². The van der Waals surface area contributed by atoms with Gasteiger partial charge in [-0.3, -0.25) is 4.79 Å². The average molecular weight is 489 g/mol. The second kappa shape index (κ2) is 9.37. The van der Waals surface area contributed by atoms with Crippen molar-refractivity contribution in [3.05, 3.63) is 68.1 Å². The molecule has 0 bridgehead atoms. The third kappa shape index (κ3) is 4.47. The molecular weight excluding hydrogens is 463 g/mol. The minimum absolute atomic E-state index is 0.0280. The first-order valence-electron chi connectivity index (χ1n) is 10.8. The highest BCUT2D eigenvalue weighted by molar-refractivity contribution is 6.34. The lowest BCUT2D eigenvalue weighted by Gasteiger charge is -2.21. The molecule has 174 valence electrons. The fourth-order valence-corrected chi connectivity index (χ4v) is 5.11. The summed E-state index contributed by atoms with van der Waals surface area (Å²) < 4.78 is 12.7. The van der Waals surface area contributed by atoms with Crippen LogP contribution in [0.3, 0.4) is 0 Å². The standard InChI is InChI=1S/C25H26Cl2N2O4/c1-14-8-17(15(2)29(14)20-11-18(26)10-19(27)12-20)9-22-23(25(31)32-4)16(3)28(24(22)30)13-21-6-5-7-33-21/h8-12,21H,5-7,13H2,1-4H3/b22-9+. The Morgan fingerprint density at radius 3 is 2.48 bits per heavy atom. The summed E-state index contributed by atoms with van der Waals surface area (Å²) in [6.07, 6.45) is 3.60. The molecule has 0 N–H and O–H groups in total. The zero-order chi connectivity index (χ0) is 23.9. The van der Waals surface area contributed by atoms with Gasteiger partial charge in [-0.1, -0.05) is 23.2 Å². The average Bonchev–Trinajstić information content (AvgIpc) is 3.42. The van der Waals surface area contributed by atoms with Gasteiger partial charge in [-0.25, -0.2) is 4.79 Å². The van der Waals surface area contributed by atoms with Crippen molar-refractivity contribution in [1.29, 1.82) is 0 Å². The van der Waals surface area contributed by atoms with Crippen LogP contribution in [-0.4, -0.2) is 47.7 Å². The predicted octanol–water partition coefficient (Wildman–Crippen LogP) is 5.25. The maximum Gasteiger partial charge on any atom is 0.340 e. The second-order valence-corrected chi connectivity index (χ2v) is 9.22. The number of ether oxygens (including phenoxy) is 2. The maximum atomic E-state index is 13.4. The molecule has 3 heterocycles. The fraction of sp³-hybridized carbons (Fsp3) is 0.360. The number of amides is 1. The number of hydrogen-bond donors (Lipinski definition) is 0. The number of allylic oxidation sites excluding steroid dienone is 1. The van der Waals surface area contributed by atoms with E-state index in [0.29, 0.717) is 34.5 Å². The van der Waals surface area contributed by atoms with Gasteiger partial charge in [0.25, 0.3) is 5.91 Å². The minimum Gasteiger partial charge on any atom is -0.465 e. The van der Waals surface area contributed by atoms with Gasteiger partial charge in [0.2, 0.25) is 0 Å². The van der Waals surface area contributed by atoms with E-state index in [-0.39, 0.29) is 17.6 Å². The third-order valence-electron chi connectivity index (χ3n) is 6.19. The van der Waals surface area contributed by atoms with Gasteiger partial charge in [0.15, 0.2) is 0 Å². The number of rotatable bonds is 5. The van der Waals surface area contributed by atoms with E-state index < -0.39 is 5.97 Å². The molecule has 1 saturated heterocycles. The van der Waals surface area contributed by atoms with Crippen LogP contribution < -0.4 is 0 Å². The Hall–Kier alpha value is -2.54. The maximum absolute atomic E-state index is 13.4. The van der Waals surface area contributed by atoms with Gasteiger partial charge in [-0.2, -0.15) is 0 Å². The Morgan fingerprint density at radius 2 is 1.88 bits per heavy atom. The normalized spacial score (nSPS) is 19.8. The van der Waals surface area contributed by atoms with Gasteiger partial charge in [-0.05, 0) is 69.5 Å². The number of aryl methyl sites for hydroxylation is 1. The molecule has 0 spiro atoms. The number of esters is 1. The Morgan fingerprint density at radius 1 is 1.18 bits per heavy atom. The van der Waals surface area contributed by atoms with Gasteiger partial charge >= 0.3 is 5.97 Å². The SMILES string of the molecule is COC(=O)C1=C(C)N(CC2CCCO2)C(=O)/C1=C/c1cc(C)n(-c2cc(Cl)cc(Cl)c2)c1C. The number of methoxy groups -OCH3 is 1. The summed E-state index contributed by atoms with van der Waals surface area (Å²) in [5.41, 5.74) is 4.68. The number of carbonyl (C=O) groups excluding carboxylic acids is 2. The van der Waals surface area contributed by atoms with Crippen molar-refractivity contribution < 1.29 is 19.1 Å². The largest absolute Gasteiger partial charge is 0.465 e. The van der Waals surface area contributed by atoms with Crippen LogP contribution in [0.25, 0.3) is 11.8 Å². The zero-order valence-corrected chi connectivity index (χ0v) is 20.6. The van der Waals surface area contributed by atoms with Crippen molar-refractivity contribution in [3.63, 3.8) is 0 Å². The van der Waals surface area contributed by atoms with Crippen molar-refractivity contribution in [2.24, 2.45) is 0 Å². The molecule has 2 aromatic rings. The predicted molar refractivity (Wildman–Crippen MR) is 129 cm³/mol. The Bertz CT molecular complexity index is 1170. The van der Waals surface area contributed by atoms with Crippen molar-refractivity contribution in [2.75, 3.05) is 20.3 Å². The van der Waals surface area contributed by atoms with Crippen LogP contribution in [-0.2, 0) is 19.1 Å². The Labute approximate surface area is 203 Å². The first-order chi connectivity index (χ1) is 15.7.